The first-order chi connectivity index (χ1) is 11.9. The molecule has 2 amide bonds. The lowest BCUT2D eigenvalue weighted by atomic mass is 10.2. The van der Waals surface area contributed by atoms with Gasteiger partial charge in [0.1, 0.15) is 0 Å². The zero-order valence-corrected chi connectivity index (χ0v) is 15.8. The SMILES string of the molecule is CSc1ccc(NC(=O)N2CCOC(CN(C)CC(=O)O)C2)cc1Cl. The van der Waals surface area contributed by atoms with E-state index >= 15 is 0 Å². The fraction of sp³-hybridized carbons (Fsp3) is 0.500. The molecule has 1 aliphatic rings. The number of likely N-dealkylation sites (N-methyl/N-ethyl adjacent to an activating group) is 1. The Kier molecular flexibility index (Phi) is 7.37. The van der Waals surface area contributed by atoms with Crippen molar-refractivity contribution in [3.63, 3.8) is 0 Å². The molecular weight excluding hydrogens is 366 g/mol. The van der Waals surface area contributed by atoms with Crippen LogP contribution in [0.2, 0.25) is 5.02 Å². The Bertz CT molecular complexity index is 631. The number of thioether (sulfide) groups is 1. The molecule has 1 unspecified atom stereocenters. The summed E-state index contributed by atoms with van der Waals surface area (Å²) < 4.78 is 5.63. The molecule has 1 fully saturated rings. The number of aliphatic carboxylic acids is 1. The summed E-state index contributed by atoms with van der Waals surface area (Å²) in [5.74, 6) is -0.890. The number of nitrogens with zero attached hydrogens (tertiary/aromatic N) is 2. The number of carboxylic acid groups (broad SMARTS) is 1. The number of carbonyl (C=O) groups is 2. The van der Waals surface area contributed by atoms with Crippen molar-refractivity contribution in [3.8, 4) is 0 Å². The number of hydrogen-bond acceptors (Lipinski definition) is 5. The summed E-state index contributed by atoms with van der Waals surface area (Å²) in [6.07, 6.45) is 1.72. The van der Waals surface area contributed by atoms with E-state index in [1.165, 1.54) is 0 Å². The number of halogens is 1. The normalized spacial score (nSPS) is 17.6. The summed E-state index contributed by atoms with van der Waals surface area (Å²) in [5, 5.41) is 12.2. The van der Waals surface area contributed by atoms with Gasteiger partial charge in [-0.25, -0.2) is 4.79 Å². The van der Waals surface area contributed by atoms with Gasteiger partial charge in [0.05, 0.1) is 24.3 Å². The van der Waals surface area contributed by atoms with Crippen LogP contribution in [0.25, 0.3) is 0 Å². The topological polar surface area (TPSA) is 82.1 Å². The Morgan fingerprint density at radius 3 is 2.92 bits per heavy atom. The van der Waals surface area contributed by atoms with E-state index < -0.39 is 5.97 Å². The molecule has 138 valence electrons. The van der Waals surface area contributed by atoms with Crippen molar-refractivity contribution in [2.75, 3.05) is 51.4 Å². The van der Waals surface area contributed by atoms with E-state index in [9.17, 15) is 9.59 Å². The average molecular weight is 388 g/mol. The van der Waals surface area contributed by atoms with Crippen molar-refractivity contribution in [2.24, 2.45) is 0 Å². The predicted molar refractivity (Wildman–Crippen MR) is 98.7 cm³/mol. The molecule has 0 aromatic heterocycles. The molecule has 0 spiro atoms. The molecule has 1 aliphatic heterocycles. The van der Waals surface area contributed by atoms with Gasteiger partial charge in [-0.3, -0.25) is 9.69 Å². The first-order valence-corrected chi connectivity index (χ1v) is 9.40. The van der Waals surface area contributed by atoms with Crippen molar-refractivity contribution >= 4 is 41.1 Å². The number of urea groups is 1. The molecule has 7 nitrogen and oxygen atoms in total. The van der Waals surface area contributed by atoms with Crippen LogP contribution in [-0.2, 0) is 9.53 Å². The molecule has 9 heteroatoms. The molecular formula is C16H22ClN3O4S. The zero-order chi connectivity index (χ0) is 18.4. The molecule has 1 heterocycles. The average Bonchev–Trinajstić information content (AvgIpc) is 2.54. The van der Waals surface area contributed by atoms with Crippen molar-refractivity contribution in [3.05, 3.63) is 23.2 Å². The van der Waals surface area contributed by atoms with Crippen molar-refractivity contribution in [1.29, 1.82) is 0 Å². The number of carboxylic acids is 1. The Labute approximate surface area is 156 Å². The van der Waals surface area contributed by atoms with Gasteiger partial charge >= 0.3 is 12.0 Å². The fourth-order valence-electron chi connectivity index (χ4n) is 2.60. The van der Waals surface area contributed by atoms with Crippen LogP contribution in [0.3, 0.4) is 0 Å². The molecule has 1 saturated heterocycles. The predicted octanol–water partition coefficient (Wildman–Crippen LogP) is 2.31. The van der Waals surface area contributed by atoms with E-state index in [0.717, 1.165) is 4.90 Å². The number of anilines is 1. The number of rotatable bonds is 6. The third-order valence-corrected chi connectivity index (χ3v) is 4.97. The number of benzene rings is 1. The molecule has 1 aromatic rings. The smallest absolute Gasteiger partial charge is 0.322 e. The minimum atomic E-state index is -0.890. The molecule has 0 saturated carbocycles. The molecule has 2 rings (SSSR count). The summed E-state index contributed by atoms with van der Waals surface area (Å²) in [5.41, 5.74) is 0.638. The quantitative estimate of drug-likeness (QED) is 0.729. The first-order valence-electron chi connectivity index (χ1n) is 7.80. The second-order valence-corrected chi connectivity index (χ2v) is 7.06. The summed E-state index contributed by atoms with van der Waals surface area (Å²) in [6, 6.07) is 5.19. The lowest BCUT2D eigenvalue weighted by Crippen LogP contribution is -2.50. The number of carbonyl (C=O) groups excluding carboxylic acids is 1. The Morgan fingerprint density at radius 2 is 2.28 bits per heavy atom. The van der Waals surface area contributed by atoms with Crippen LogP contribution in [0.15, 0.2) is 23.1 Å². The highest BCUT2D eigenvalue weighted by molar-refractivity contribution is 7.98. The van der Waals surface area contributed by atoms with E-state index in [1.807, 2.05) is 18.4 Å². The van der Waals surface area contributed by atoms with Gasteiger partial charge in [0.15, 0.2) is 0 Å². The maximum Gasteiger partial charge on any atom is 0.322 e. The van der Waals surface area contributed by atoms with Gasteiger partial charge in [0.25, 0.3) is 0 Å². The van der Waals surface area contributed by atoms with E-state index in [2.05, 4.69) is 5.32 Å². The first kappa shape index (κ1) is 19.8. The van der Waals surface area contributed by atoms with E-state index in [0.29, 0.717) is 37.0 Å². The number of morpholine rings is 1. The van der Waals surface area contributed by atoms with Crippen LogP contribution in [0, 0.1) is 0 Å². The van der Waals surface area contributed by atoms with E-state index in [4.69, 9.17) is 21.4 Å². The molecule has 2 N–H and O–H groups in total. The van der Waals surface area contributed by atoms with Crippen LogP contribution in [0.4, 0.5) is 10.5 Å². The van der Waals surface area contributed by atoms with Gasteiger partial charge in [-0.05, 0) is 31.5 Å². The van der Waals surface area contributed by atoms with Crippen molar-refractivity contribution < 1.29 is 19.4 Å². The van der Waals surface area contributed by atoms with E-state index in [-0.39, 0.29) is 18.7 Å². The van der Waals surface area contributed by atoms with Crippen LogP contribution < -0.4 is 5.32 Å². The zero-order valence-electron chi connectivity index (χ0n) is 14.2. The van der Waals surface area contributed by atoms with Crippen LogP contribution >= 0.6 is 23.4 Å². The maximum absolute atomic E-state index is 12.4. The summed E-state index contributed by atoms with van der Waals surface area (Å²) in [6.45, 7) is 1.70. The molecule has 0 bridgehead atoms. The Balaban J connectivity index is 1.90. The monoisotopic (exact) mass is 387 g/mol. The van der Waals surface area contributed by atoms with Gasteiger partial charge in [0, 0.05) is 30.2 Å². The standard InChI is InChI=1S/C16H22ClN3O4S/c1-19(10-15(21)22)8-12-9-20(5-6-24-12)16(23)18-11-3-4-14(25-2)13(17)7-11/h3-4,7,12H,5-6,8-10H2,1-2H3,(H,18,23)(H,21,22). The summed E-state index contributed by atoms with van der Waals surface area (Å²) >= 11 is 7.70. The van der Waals surface area contributed by atoms with Crippen molar-refractivity contribution in [1.82, 2.24) is 9.80 Å². The van der Waals surface area contributed by atoms with Gasteiger partial charge in [-0.15, -0.1) is 11.8 Å². The lowest BCUT2D eigenvalue weighted by molar-refractivity contribution is -0.138. The van der Waals surface area contributed by atoms with Crippen LogP contribution in [0.5, 0.6) is 0 Å². The fourth-order valence-corrected chi connectivity index (χ4v) is 3.47. The van der Waals surface area contributed by atoms with Gasteiger partial charge in [0.2, 0.25) is 0 Å². The lowest BCUT2D eigenvalue weighted by Gasteiger charge is -2.34. The maximum atomic E-state index is 12.4. The van der Waals surface area contributed by atoms with Crippen molar-refractivity contribution in [2.45, 2.75) is 11.0 Å². The molecule has 0 radical (unpaired) electrons. The number of ether oxygens (including phenoxy) is 1. The highest BCUT2D eigenvalue weighted by Crippen LogP contribution is 2.28. The van der Waals surface area contributed by atoms with Gasteiger partial charge in [-0.1, -0.05) is 11.6 Å². The summed E-state index contributed by atoms with van der Waals surface area (Å²) in [7, 11) is 1.71. The minimum absolute atomic E-state index is 0.0632. The molecule has 0 aliphatic carbocycles. The number of nitrogens with one attached hydrogen (secondary N) is 1. The largest absolute Gasteiger partial charge is 0.480 e. The molecule has 1 aromatic carbocycles. The molecule has 25 heavy (non-hydrogen) atoms. The third kappa shape index (κ3) is 6.07. The Hall–Kier alpha value is -1.48. The third-order valence-electron chi connectivity index (χ3n) is 3.75. The summed E-state index contributed by atoms with van der Waals surface area (Å²) in [4.78, 5) is 27.5. The minimum Gasteiger partial charge on any atom is -0.480 e. The highest BCUT2D eigenvalue weighted by atomic mass is 35.5. The number of amides is 2. The highest BCUT2D eigenvalue weighted by Gasteiger charge is 2.25. The van der Waals surface area contributed by atoms with Crippen LogP contribution in [0.1, 0.15) is 0 Å². The number of hydrogen-bond donors (Lipinski definition) is 2. The Morgan fingerprint density at radius 1 is 1.52 bits per heavy atom. The van der Waals surface area contributed by atoms with Gasteiger partial charge < -0.3 is 20.1 Å². The second-order valence-electron chi connectivity index (χ2n) is 5.81. The van der Waals surface area contributed by atoms with Crippen LogP contribution in [-0.4, -0.2) is 79.1 Å². The molecule has 1 atom stereocenters. The second kappa shape index (κ2) is 9.28. The van der Waals surface area contributed by atoms with E-state index in [1.54, 1.807) is 34.7 Å². The van der Waals surface area contributed by atoms with Gasteiger partial charge in [-0.2, -0.15) is 0 Å².